The van der Waals surface area contributed by atoms with Gasteiger partial charge < -0.3 is 15.4 Å². The highest BCUT2D eigenvalue weighted by Crippen LogP contribution is 2.31. The number of piperidine rings is 1. The Labute approximate surface area is 152 Å². The number of nitrogens with one attached hydrogen (secondary N) is 2. The number of halogens is 1. The molecule has 0 unspecified atom stereocenters. The molecule has 1 aromatic heterocycles. The van der Waals surface area contributed by atoms with Gasteiger partial charge in [-0.2, -0.15) is 0 Å². The maximum Gasteiger partial charge on any atom is 0.233 e. The molecule has 1 aromatic carbocycles. The Morgan fingerprint density at radius 2 is 2.21 bits per heavy atom. The van der Waals surface area contributed by atoms with Gasteiger partial charge in [0.1, 0.15) is 5.01 Å². The lowest BCUT2D eigenvalue weighted by Crippen LogP contribution is -2.47. The van der Waals surface area contributed by atoms with Crippen molar-refractivity contribution in [2.45, 2.75) is 12.8 Å². The molecule has 1 fully saturated rings. The van der Waals surface area contributed by atoms with Crippen LogP contribution in [0.2, 0.25) is 0 Å². The number of anilines is 1. The summed E-state index contributed by atoms with van der Waals surface area (Å²) >= 11 is 1.59. The number of nitrogens with zero attached hydrogens (tertiary/aromatic N) is 1. The molecule has 5 nitrogen and oxygen atoms in total. The second-order valence-corrected chi connectivity index (χ2v) is 6.73. The molecule has 130 valence electrons. The van der Waals surface area contributed by atoms with Gasteiger partial charge in [-0.05, 0) is 38.1 Å². The summed E-state index contributed by atoms with van der Waals surface area (Å²) in [5, 5.41) is 9.27. The predicted octanol–water partition coefficient (Wildman–Crippen LogP) is 3.19. The van der Waals surface area contributed by atoms with E-state index in [4.69, 9.17) is 4.74 Å². The van der Waals surface area contributed by atoms with Crippen molar-refractivity contribution >= 4 is 35.3 Å². The summed E-state index contributed by atoms with van der Waals surface area (Å²) in [6.07, 6.45) is 3.37. The van der Waals surface area contributed by atoms with Gasteiger partial charge in [0.15, 0.2) is 0 Å². The zero-order chi connectivity index (χ0) is 16.1. The molecule has 0 spiro atoms. The van der Waals surface area contributed by atoms with Crippen molar-refractivity contribution < 1.29 is 9.53 Å². The monoisotopic (exact) mass is 367 g/mol. The van der Waals surface area contributed by atoms with Crippen molar-refractivity contribution in [3.05, 3.63) is 35.8 Å². The number of hydrogen-bond donors (Lipinski definition) is 2. The molecule has 2 N–H and O–H groups in total. The van der Waals surface area contributed by atoms with Gasteiger partial charge >= 0.3 is 0 Å². The summed E-state index contributed by atoms with van der Waals surface area (Å²) in [7, 11) is 1.65. The third-order valence-electron chi connectivity index (χ3n) is 4.26. The maximum atomic E-state index is 12.8. The second-order valence-electron chi connectivity index (χ2n) is 5.84. The number of carbonyl (C=O) groups excluding carboxylic acids is 1. The predicted molar refractivity (Wildman–Crippen MR) is 99.8 cm³/mol. The van der Waals surface area contributed by atoms with E-state index in [2.05, 4.69) is 15.6 Å². The van der Waals surface area contributed by atoms with Crippen LogP contribution in [0.15, 0.2) is 35.8 Å². The van der Waals surface area contributed by atoms with Crippen LogP contribution in [-0.4, -0.2) is 37.7 Å². The highest BCUT2D eigenvalue weighted by molar-refractivity contribution is 7.13. The molecule has 0 atom stereocenters. The third kappa shape index (κ3) is 4.13. The standard InChI is InChI=1S/C17H21N3O2S.ClH/c1-22-12-17(5-7-18-8-6-17)16(21)20-14-4-2-3-13(11-14)15-19-9-10-23-15;/h2-4,9-11,18H,5-8,12H2,1H3,(H,20,21);1H. The number of rotatable bonds is 5. The number of ether oxygens (including phenoxy) is 1. The van der Waals surface area contributed by atoms with E-state index in [-0.39, 0.29) is 18.3 Å². The number of hydrogen-bond acceptors (Lipinski definition) is 5. The first kappa shape index (κ1) is 18.9. The number of methoxy groups -OCH3 is 1. The highest BCUT2D eigenvalue weighted by Gasteiger charge is 2.39. The van der Waals surface area contributed by atoms with Crippen LogP contribution in [0.5, 0.6) is 0 Å². The fraction of sp³-hybridized carbons (Fsp3) is 0.412. The molecule has 0 saturated carbocycles. The van der Waals surface area contributed by atoms with E-state index in [9.17, 15) is 4.79 Å². The average Bonchev–Trinajstić information content (AvgIpc) is 3.11. The van der Waals surface area contributed by atoms with Crippen LogP contribution >= 0.6 is 23.7 Å². The third-order valence-corrected chi connectivity index (χ3v) is 5.08. The Kier molecular flexibility index (Phi) is 6.74. The molecule has 2 aromatic rings. The van der Waals surface area contributed by atoms with Gasteiger partial charge in [0.2, 0.25) is 5.91 Å². The number of aromatic nitrogens is 1. The largest absolute Gasteiger partial charge is 0.384 e. The Hall–Kier alpha value is -1.47. The molecule has 0 radical (unpaired) electrons. The first-order valence-electron chi connectivity index (χ1n) is 7.75. The maximum absolute atomic E-state index is 12.8. The van der Waals surface area contributed by atoms with Crippen molar-refractivity contribution in [3.63, 3.8) is 0 Å². The van der Waals surface area contributed by atoms with Crippen LogP contribution in [0.25, 0.3) is 10.6 Å². The summed E-state index contributed by atoms with van der Waals surface area (Å²) in [6.45, 7) is 2.14. The summed E-state index contributed by atoms with van der Waals surface area (Å²) in [4.78, 5) is 17.2. The Bertz CT molecular complexity index is 652. The molecule has 2 heterocycles. The van der Waals surface area contributed by atoms with E-state index in [1.165, 1.54) is 0 Å². The summed E-state index contributed by atoms with van der Waals surface area (Å²) < 4.78 is 5.33. The summed E-state index contributed by atoms with van der Waals surface area (Å²) in [5.74, 6) is 0.0390. The zero-order valence-corrected chi connectivity index (χ0v) is 15.2. The van der Waals surface area contributed by atoms with Crippen molar-refractivity contribution in [1.82, 2.24) is 10.3 Å². The van der Waals surface area contributed by atoms with Crippen molar-refractivity contribution in [2.24, 2.45) is 5.41 Å². The lowest BCUT2D eigenvalue weighted by Gasteiger charge is -2.35. The summed E-state index contributed by atoms with van der Waals surface area (Å²) in [5.41, 5.74) is 1.37. The van der Waals surface area contributed by atoms with E-state index in [1.54, 1.807) is 24.6 Å². The van der Waals surface area contributed by atoms with Crippen LogP contribution in [0.4, 0.5) is 5.69 Å². The molecule has 1 amide bonds. The summed E-state index contributed by atoms with van der Waals surface area (Å²) in [6, 6.07) is 7.83. The zero-order valence-electron chi connectivity index (χ0n) is 13.6. The van der Waals surface area contributed by atoms with Gasteiger partial charge in [-0.1, -0.05) is 12.1 Å². The molecule has 0 aliphatic carbocycles. The fourth-order valence-corrected chi connectivity index (χ4v) is 3.61. The topological polar surface area (TPSA) is 63.2 Å². The highest BCUT2D eigenvalue weighted by atomic mass is 35.5. The van der Waals surface area contributed by atoms with Crippen molar-refractivity contribution in [2.75, 3.05) is 32.1 Å². The Morgan fingerprint density at radius 3 is 2.88 bits per heavy atom. The number of carbonyl (C=O) groups is 1. The quantitative estimate of drug-likeness (QED) is 0.851. The first-order valence-corrected chi connectivity index (χ1v) is 8.62. The van der Waals surface area contributed by atoms with E-state index in [1.807, 2.05) is 29.6 Å². The number of benzene rings is 1. The van der Waals surface area contributed by atoms with E-state index in [0.717, 1.165) is 42.2 Å². The van der Waals surface area contributed by atoms with E-state index < -0.39 is 5.41 Å². The van der Waals surface area contributed by atoms with Crippen LogP contribution in [0, 0.1) is 5.41 Å². The van der Waals surface area contributed by atoms with Crippen LogP contribution in [0.3, 0.4) is 0 Å². The number of thiazole rings is 1. The molecule has 1 aliphatic heterocycles. The lowest BCUT2D eigenvalue weighted by molar-refractivity contribution is -0.130. The molecule has 3 rings (SSSR count). The molecule has 7 heteroatoms. The number of amides is 1. The minimum absolute atomic E-state index is 0. The van der Waals surface area contributed by atoms with Gasteiger partial charge in [0.05, 0.1) is 12.0 Å². The van der Waals surface area contributed by atoms with Gasteiger partial charge in [-0.3, -0.25) is 4.79 Å². The molecular formula is C17H22ClN3O2S. The van der Waals surface area contributed by atoms with E-state index >= 15 is 0 Å². The first-order chi connectivity index (χ1) is 11.2. The minimum atomic E-state index is -0.447. The van der Waals surface area contributed by atoms with E-state index in [0.29, 0.717) is 6.61 Å². The van der Waals surface area contributed by atoms with Gasteiger partial charge in [-0.25, -0.2) is 4.98 Å². The minimum Gasteiger partial charge on any atom is -0.384 e. The molecular weight excluding hydrogens is 346 g/mol. The SMILES string of the molecule is COCC1(C(=O)Nc2cccc(-c3nccs3)c2)CCNCC1.Cl. The second kappa shape index (κ2) is 8.58. The molecule has 1 aliphatic rings. The van der Waals surface area contributed by atoms with Gasteiger partial charge in [0.25, 0.3) is 0 Å². The smallest absolute Gasteiger partial charge is 0.233 e. The van der Waals surface area contributed by atoms with Crippen LogP contribution < -0.4 is 10.6 Å². The fourth-order valence-electron chi connectivity index (χ4n) is 2.98. The molecule has 1 saturated heterocycles. The average molecular weight is 368 g/mol. The molecule has 0 bridgehead atoms. The Balaban J connectivity index is 0.00000208. The lowest BCUT2D eigenvalue weighted by atomic mass is 9.78. The van der Waals surface area contributed by atoms with Crippen LogP contribution in [0.1, 0.15) is 12.8 Å². The van der Waals surface area contributed by atoms with Gasteiger partial charge in [0, 0.05) is 29.9 Å². The molecule has 24 heavy (non-hydrogen) atoms. The normalized spacial score (nSPS) is 16.2. The van der Waals surface area contributed by atoms with Gasteiger partial charge in [-0.15, -0.1) is 23.7 Å². The van der Waals surface area contributed by atoms with Crippen LogP contribution in [-0.2, 0) is 9.53 Å². The van der Waals surface area contributed by atoms with Crippen molar-refractivity contribution in [3.8, 4) is 10.6 Å². The Morgan fingerprint density at radius 1 is 1.42 bits per heavy atom. The van der Waals surface area contributed by atoms with Crippen molar-refractivity contribution in [1.29, 1.82) is 0 Å².